The van der Waals surface area contributed by atoms with E-state index in [9.17, 15) is 9.90 Å². The highest BCUT2D eigenvalue weighted by molar-refractivity contribution is 5.76. The third-order valence-electron chi connectivity index (χ3n) is 4.60. The molecule has 0 aliphatic heterocycles. The van der Waals surface area contributed by atoms with Gasteiger partial charge in [0, 0.05) is 5.41 Å². The zero-order valence-electron chi connectivity index (χ0n) is 9.44. The Hall–Kier alpha value is -1.31. The number of aryl methyl sites for hydroxylation is 1. The highest BCUT2D eigenvalue weighted by Gasteiger charge is 2.63. The minimum Gasteiger partial charge on any atom is -0.481 e. The molecule has 0 radical (unpaired) electrons. The zero-order valence-corrected chi connectivity index (χ0v) is 9.44. The van der Waals surface area contributed by atoms with Gasteiger partial charge in [-0.2, -0.15) is 0 Å². The second-order valence-corrected chi connectivity index (χ2v) is 5.29. The fraction of sp³-hybridized carbons (Fsp3) is 0.500. The van der Waals surface area contributed by atoms with Crippen molar-refractivity contribution in [2.75, 3.05) is 0 Å². The lowest BCUT2D eigenvalue weighted by Gasteiger charge is -2.46. The molecule has 3 aliphatic carbocycles. The third kappa shape index (κ3) is 1.05. The lowest BCUT2D eigenvalue weighted by Crippen LogP contribution is -2.48. The Morgan fingerprint density at radius 3 is 2.81 bits per heavy atom. The van der Waals surface area contributed by atoms with Crippen LogP contribution in [0.2, 0.25) is 0 Å². The molecular formula is C14H16O2. The van der Waals surface area contributed by atoms with Gasteiger partial charge in [0.15, 0.2) is 0 Å². The molecule has 1 N–H and O–H groups in total. The highest BCUT2D eigenvalue weighted by Crippen LogP contribution is 2.64. The summed E-state index contributed by atoms with van der Waals surface area (Å²) in [5.74, 6) is -0.303. The summed E-state index contributed by atoms with van der Waals surface area (Å²) in [6.07, 6.45) is 3.22. The van der Waals surface area contributed by atoms with Crippen molar-refractivity contribution in [1.29, 1.82) is 0 Å². The smallest absolute Gasteiger partial charge is 0.307 e. The number of aliphatic carboxylic acids is 1. The van der Waals surface area contributed by atoms with E-state index in [0.717, 1.165) is 19.3 Å². The monoisotopic (exact) mass is 216 g/mol. The molecule has 2 bridgehead atoms. The van der Waals surface area contributed by atoms with Gasteiger partial charge in [0.1, 0.15) is 0 Å². The van der Waals surface area contributed by atoms with Crippen LogP contribution < -0.4 is 0 Å². The molecule has 4 rings (SSSR count). The number of hydrogen-bond donors (Lipinski definition) is 1. The molecule has 1 aromatic carbocycles. The van der Waals surface area contributed by atoms with E-state index >= 15 is 0 Å². The molecule has 0 aromatic heterocycles. The molecule has 0 spiro atoms. The lowest BCUT2D eigenvalue weighted by atomic mass is 9.56. The first kappa shape index (κ1) is 9.88. The highest BCUT2D eigenvalue weighted by atomic mass is 16.4. The van der Waals surface area contributed by atoms with Crippen LogP contribution in [-0.4, -0.2) is 11.1 Å². The zero-order chi connectivity index (χ0) is 11.3. The summed E-state index contributed by atoms with van der Waals surface area (Å²) in [7, 11) is 0. The van der Waals surface area contributed by atoms with Gasteiger partial charge < -0.3 is 5.11 Å². The van der Waals surface area contributed by atoms with Crippen LogP contribution in [0.3, 0.4) is 0 Å². The molecule has 2 heteroatoms. The second-order valence-electron chi connectivity index (χ2n) is 5.29. The van der Waals surface area contributed by atoms with Crippen LogP contribution in [0.25, 0.3) is 0 Å². The van der Waals surface area contributed by atoms with Gasteiger partial charge in [-0.05, 0) is 43.2 Å². The van der Waals surface area contributed by atoms with Crippen LogP contribution in [0, 0.1) is 18.8 Å². The van der Waals surface area contributed by atoms with Gasteiger partial charge >= 0.3 is 5.97 Å². The second kappa shape index (κ2) is 3.09. The first-order valence-corrected chi connectivity index (χ1v) is 5.94. The maximum absolute atomic E-state index is 11.3. The van der Waals surface area contributed by atoms with Crippen molar-refractivity contribution >= 4 is 5.97 Å². The number of benzene rings is 1. The molecule has 2 nitrogen and oxygen atoms in total. The van der Waals surface area contributed by atoms with E-state index in [0.29, 0.717) is 5.92 Å². The van der Waals surface area contributed by atoms with Gasteiger partial charge in [-0.15, -0.1) is 0 Å². The topological polar surface area (TPSA) is 37.3 Å². The predicted octanol–water partition coefficient (Wildman–Crippen LogP) is 2.75. The molecule has 0 heterocycles. The minimum atomic E-state index is -0.600. The average Bonchev–Trinajstić information content (AvgIpc) is 2.75. The summed E-state index contributed by atoms with van der Waals surface area (Å²) in [5.41, 5.74) is 2.48. The van der Waals surface area contributed by atoms with Gasteiger partial charge in [0.2, 0.25) is 0 Å². The Morgan fingerprint density at radius 2 is 2.19 bits per heavy atom. The van der Waals surface area contributed by atoms with E-state index < -0.39 is 5.97 Å². The molecule has 0 amide bonds. The van der Waals surface area contributed by atoms with E-state index in [4.69, 9.17) is 0 Å². The SMILES string of the molecule is Cc1ccccc1C12CCC(C1)C2C(=O)O. The number of fused-ring (bicyclic) bond motifs is 1. The number of carbonyl (C=O) groups is 1. The Morgan fingerprint density at radius 1 is 1.44 bits per heavy atom. The van der Waals surface area contributed by atoms with Crippen molar-refractivity contribution in [3.05, 3.63) is 35.4 Å². The van der Waals surface area contributed by atoms with Crippen molar-refractivity contribution in [3.8, 4) is 0 Å². The summed E-state index contributed by atoms with van der Waals surface area (Å²) in [6.45, 7) is 2.09. The van der Waals surface area contributed by atoms with Crippen LogP contribution in [0.15, 0.2) is 24.3 Å². The molecule has 16 heavy (non-hydrogen) atoms. The molecule has 84 valence electrons. The third-order valence-corrected chi connectivity index (χ3v) is 4.60. The molecule has 3 atom stereocenters. The maximum Gasteiger partial charge on any atom is 0.307 e. The van der Waals surface area contributed by atoms with Gasteiger partial charge in [0.25, 0.3) is 0 Å². The van der Waals surface area contributed by atoms with Crippen molar-refractivity contribution in [2.24, 2.45) is 11.8 Å². The minimum absolute atomic E-state index is 0.0398. The Bertz CT molecular complexity index is 448. The van der Waals surface area contributed by atoms with Crippen LogP contribution in [0.4, 0.5) is 0 Å². The van der Waals surface area contributed by atoms with E-state index in [1.165, 1.54) is 11.1 Å². The Kier molecular flexibility index (Phi) is 1.91. The van der Waals surface area contributed by atoms with Crippen molar-refractivity contribution in [2.45, 2.75) is 31.6 Å². The molecule has 0 saturated heterocycles. The van der Waals surface area contributed by atoms with Crippen LogP contribution in [-0.2, 0) is 10.2 Å². The van der Waals surface area contributed by atoms with Crippen molar-refractivity contribution in [3.63, 3.8) is 0 Å². The van der Waals surface area contributed by atoms with Crippen molar-refractivity contribution in [1.82, 2.24) is 0 Å². The van der Waals surface area contributed by atoms with E-state index in [1.54, 1.807) is 0 Å². The molecule has 3 unspecified atom stereocenters. The Labute approximate surface area is 95.3 Å². The number of carboxylic acids is 1. The normalized spacial score (nSPS) is 35.8. The number of rotatable bonds is 2. The quantitative estimate of drug-likeness (QED) is 0.825. The summed E-state index contributed by atoms with van der Waals surface area (Å²) < 4.78 is 0. The van der Waals surface area contributed by atoms with E-state index in [1.807, 2.05) is 12.1 Å². The van der Waals surface area contributed by atoms with E-state index in [2.05, 4.69) is 19.1 Å². The molecule has 1 aromatic rings. The standard InChI is InChI=1S/C14H16O2/c1-9-4-2-3-5-11(9)14-7-6-10(8-14)12(14)13(15)16/h2-5,10,12H,6-8H2,1H3,(H,15,16). The van der Waals surface area contributed by atoms with Crippen LogP contribution >= 0.6 is 0 Å². The van der Waals surface area contributed by atoms with Gasteiger partial charge in [-0.25, -0.2) is 0 Å². The molecule has 3 aliphatic rings. The lowest BCUT2D eigenvalue weighted by molar-refractivity contribution is -0.150. The maximum atomic E-state index is 11.3. The summed E-state index contributed by atoms with van der Waals surface area (Å²) >= 11 is 0. The fourth-order valence-electron chi connectivity index (χ4n) is 3.95. The first-order chi connectivity index (χ1) is 7.65. The summed E-state index contributed by atoms with van der Waals surface area (Å²) in [5, 5.41) is 9.33. The van der Waals surface area contributed by atoms with Crippen molar-refractivity contribution < 1.29 is 9.90 Å². The number of hydrogen-bond acceptors (Lipinski definition) is 1. The first-order valence-electron chi connectivity index (χ1n) is 5.94. The van der Waals surface area contributed by atoms with Crippen LogP contribution in [0.1, 0.15) is 30.4 Å². The van der Waals surface area contributed by atoms with Gasteiger partial charge in [-0.1, -0.05) is 24.3 Å². The van der Waals surface area contributed by atoms with Gasteiger partial charge in [0.05, 0.1) is 5.92 Å². The van der Waals surface area contributed by atoms with E-state index in [-0.39, 0.29) is 11.3 Å². The average molecular weight is 216 g/mol. The van der Waals surface area contributed by atoms with Gasteiger partial charge in [-0.3, -0.25) is 4.79 Å². The largest absolute Gasteiger partial charge is 0.481 e. The number of carboxylic acid groups (broad SMARTS) is 1. The predicted molar refractivity (Wildman–Crippen MR) is 61.3 cm³/mol. The molecule has 3 saturated carbocycles. The Balaban J connectivity index is 2.07. The van der Waals surface area contributed by atoms with Crippen LogP contribution in [0.5, 0.6) is 0 Å². The summed E-state index contributed by atoms with van der Waals surface area (Å²) in [6, 6.07) is 8.26. The summed E-state index contributed by atoms with van der Waals surface area (Å²) in [4.78, 5) is 11.3. The molecular weight excluding hydrogens is 200 g/mol. The fourth-order valence-corrected chi connectivity index (χ4v) is 3.95. The molecule has 3 fully saturated rings.